The van der Waals surface area contributed by atoms with Gasteiger partial charge >= 0.3 is 12.2 Å². The molecular weight excluding hydrogens is 828 g/mol. The molecule has 3 heterocycles. The minimum absolute atomic E-state index is 0.00677. The Labute approximate surface area is 376 Å². The Morgan fingerprint density at radius 1 is 0.862 bits per heavy atom. The van der Waals surface area contributed by atoms with Gasteiger partial charge in [0.1, 0.15) is 29.5 Å². The number of H-pyrrole nitrogens is 2. The molecule has 2 aliphatic carbocycles. The number of rotatable bonds is 12. The number of likely N-dealkylation sites (tertiary alicyclic amines) is 1. The average molecular weight is 883 g/mol. The number of benzene rings is 4. The second-order valence-electron chi connectivity index (χ2n) is 18.3. The number of imidazole rings is 2. The first-order valence-corrected chi connectivity index (χ1v) is 22.4. The number of ether oxygens (including phenoxy) is 2. The molecule has 2 saturated carbocycles. The molecule has 4 amide bonds. The highest BCUT2D eigenvalue weighted by molar-refractivity contribution is 6.05. The summed E-state index contributed by atoms with van der Waals surface area (Å²) < 4.78 is 25.9. The third-order valence-electron chi connectivity index (χ3n) is 14.2. The van der Waals surface area contributed by atoms with Gasteiger partial charge in [0, 0.05) is 23.0 Å². The van der Waals surface area contributed by atoms with Gasteiger partial charge in [0.05, 0.1) is 49.2 Å². The molecule has 1 saturated heterocycles. The van der Waals surface area contributed by atoms with Crippen LogP contribution in [-0.2, 0) is 19.1 Å². The summed E-state index contributed by atoms with van der Waals surface area (Å²) in [5, 5.41) is 7.31. The van der Waals surface area contributed by atoms with Crippen LogP contribution in [0.5, 0.6) is 0 Å². The van der Waals surface area contributed by atoms with E-state index in [0.29, 0.717) is 45.9 Å². The number of alkyl carbamates (subject to hydrolysis) is 2. The van der Waals surface area contributed by atoms with E-state index in [2.05, 4.69) is 34.4 Å². The lowest BCUT2D eigenvalue weighted by molar-refractivity contribution is -0.139. The van der Waals surface area contributed by atoms with Gasteiger partial charge < -0.3 is 39.9 Å². The summed E-state index contributed by atoms with van der Waals surface area (Å²) in [7, 11) is 2.55. The van der Waals surface area contributed by atoms with Crippen LogP contribution in [-0.4, -0.2) is 86.1 Å². The number of fused-ring (bicyclic) bond motifs is 5. The SMILES string of the molecule is COC(=O)N[C@H](C(=O)N(C1C(C)[C@@H]1C)[C@@H](C)c1nc2c(ccc3cc(-c4ccc(-c5cnc(C6[C@H]7CC[C@H](C7)N6C(=O)[C@H](NC(=O)OC)c6ccccc6)[nH]5)c(F)c4)ccc32)[nH]1)C(C)C. The fourth-order valence-corrected chi connectivity index (χ4v) is 10.4. The lowest BCUT2D eigenvalue weighted by Crippen LogP contribution is -2.53. The maximum absolute atomic E-state index is 16.2. The van der Waals surface area contributed by atoms with E-state index in [0.717, 1.165) is 46.6 Å². The van der Waals surface area contributed by atoms with E-state index in [1.807, 2.05) is 85.2 Å². The number of hydrogen-bond acceptors (Lipinski definition) is 8. The molecule has 9 rings (SSSR count). The van der Waals surface area contributed by atoms with Crippen LogP contribution in [0.1, 0.15) is 89.2 Å². The van der Waals surface area contributed by atoms with Gasteiger partial charge in [-0.25, -0.2) is 23.9 Å². The van der Waals surface area contributed by atoms with Gasteiger partial charge in [0.2, 0.25) is 5.91 Å². The molecule has 4 N–H and O–H groups in total. The molecule has 65 heavy (non-hydrogen) atoms. The van der Waals surface area contributed by atoms with Gasteiger partial charge in [-0.1, -0.05) is 82.3 Å². The van der Waals surface area contributed by atoms with E-state index in [9.17, 15) is 19.2 Å². The van der Waals surface area contributed by atoms with Crippen molar-refractivity contribution in [1.82, 2.24) is 40.4 Å². The van der Waals surface area contributed by atoms with Crippen molar-refractivity contribution in [2.24, 2.45) is 23.7 Å². The summed E-state index contributed by atoms with van der Waals surface area (Å²) in [5.74, 6) is 0.963. The fourth-order valence-electron chi connectivity index (χ4n) is 10.4. The molecule has 1 aliphatic heterocycles. The van der Waals surface area contributed by atoms with Crippen molar-refractivity contribution in [3.05, 3.63) is 108 Å². The summed E-state index contributed by atoms with van der Waals surface area (Å²) in [4.78, 5) is 73.5. The molecule has 0 spiro atoms. The first kappa shape index (κ1) is 43.5. The van der Waals surface area contributed by atoms with Gasteiger partial charge in [-0.3, -0.25) is 9.59 Å². The summed E-state index contributed by atoms with van der Waals surface area (Å²) in [5.41, 5.74) is 4.61. The van der Waals surface area contributed by atoms with Crippen molar-refractivity contribution in [1.29, 1.82) is 0 Å². The van der Waals surface area contributed by atoms with Crippen molar-refractivity contribution in [2.45, 2.75) is 90.1 Å². The Hall–Kier alpha value is -6.77. The van der Waals surface area contributed by atoms with Gasteiger partial charge in [0.15, 0.2) is 0 Å². The summed E-state index contributed by atoms with van der Waals surface area (Å²) in [6.07, 6.45) is 2.88. The number of methoxy groups -OCH3 is 2. The number of aromatic amines is 2. The molecular formula is C50H55FN8O6. The third kappa shape index (κ3) is 7.95. The van der Waals surface area contributed by atoms with Crippen molar-refractivity contribution >= 4 is 45.8 Å². The predicted octanol–water partition coefficient (Wildman–Crippen LogP) is 8.99. The first-order valence-electron chi connectivity index (χ1n) is 22.4. The van der Waals surface area contributed by atoms with E-state index in [1.165, 1.54) is 20.3 Å². The topological polar surface area (TPSA) is 175 Å². The van der Waals surface area contributed by atoms with Crippen LogP contribution in [0.15, 0.2) is 85.1 Å². The lowest BCUT2D eigenvalue weighted by atomic mass is 9.96. The van der Waals surface area contributed by atoms with Crippen molar-refractivity contribution < 1.29 is 33.0 Å². The highest BCUT2D eigenvalue weighted by Gasteiger charge is 2.53. The summed E-state index contributed by atoms with van der Waals surface area (Å²) in [6.45, 7) is 10.0. The zero-order chi connectivity index (χ0) is 45.8. The molecule has 3 fully saturated rings. The normalized spacial score (nSPS) is 22.4. The Balaban J connectivity index is 0.957. The number of piperidine rings is 1. The molecule has 2 aromatic heterocycles. The maximum Gasteiger partial charge on any atom is 0.407 e. The number of aromatic nitrogens is 4. The van der Waals surface area contributed by atoms with Gasteiger partial charge in [-0.2, -0.15) is 0 Å². The molecule has 9 atom stereocenters. The Morgan fingerprint density at radius 3 is 2.26 bits per heavy atom. The molecule has 6 aromatic rings. The molecule has 0 radical (unpaired) electrons. The second kappa shape index (κ2) is 17.3. The molecule has 14 nitrogen and oxygen atoms in total. The van der Waals surface area contributed by atoms with Crippen LogP contribution < -0.4 is 10.6 Å². The average Bonchev–Trinajstić information content (AvgIpc) is 3.98. The fraction of sp³-hybridized carbons (Fsp3) is 0.400. The van der Waals surface area contributed by atoms with E-state index in [4.69, 9.17) is 19.4 Å². The lowest BCUT2D eigenvalue weighted by Gasteiger charge is -2.36. The van der Waals surface area contributed by atoms with Crippen LogP contribution in [0.4, 0.5) is 14.0 Å². The van der Waals surface area contributed by atoms with Crippen LogP contribution in [0, 0.1) is 29.5 Å². The molecule has 2 bridgehead atoms. The third-order valence-corrected chi connectivity index (χ3v) is 14.2. The number of nitrogens with one attached hydrogen (secondary N) is 4. The first-order chi connectivity index (χ1) is 31.3. The summed E-state index contributed by atoms with van der Waals surface area (Å²) >= 11 is 0. The van der Waals surface area contributed by atoms with Gasteiger partial charge in [0.25, 0.3) is 5.91 Å². The zero-order valence-electron chi connectivity index (χ0n) is 37.6. The van der Waals surface area contributed by atoms with E-state index in [-0.39, 0.29) is 41.8 Å². The molecule has 4 aromatic carbocycles. The quantitative estimate of drug-likeness (QED) is 0.0942. The van der Waals surface area contributed by atoms with Crippen LogP contribution in [0.25, 0.3) is 44.2 Å². The van der Waals surface area contributed by atoms with Crippen LogP contribution in [0.2, 0.25) is 0 Å². The van der Waals surface area contributed by atoms with Gasteiger partial charge in [-0.05, 0) is 96.2 Å². The Morgan fingerprint density at radius 2 is 1.57 bits per heavy atom. The minimum atomic E-state index is -0.943. The highest BCUT2D eigenvalue weighted by Crippen LogP contribution is 2.51. The van der Waals surface area contributed by atoms with Crippen LogP contribution in [0.3, 0.4) is 0 Å². The van der Waals surface area contributed by atoms with Crippen LogP contribution >= 0.6 is 0 Å². The number of carbonyl (C=O) groups excluding carboxylic acids is 4. The number of halogens is 1. The predicted molar refractivity (Wildman–Crippen MR) is 244 cm³/mol. The largest absolute Gasteiger partial charge is 0.453 e. The number of nitrogens with zero attached hydrogens (tertiary/aromatic N) is 4. The van der Waals surface area contributed by atoms with Crippen molar-refractivity contribution in [3.63, 3.8) is 0 Å². The monoisotopic (exact) mass is 882 g/mol. The Bertz CT molecular complexity index is 2780. The number of hydrogen-bond donors (Lipinski definition) is 4. The Kier molecular flexibility index (Phi) is 11.6. The van der Waals surface area contributed by atoms with Crippen molar-refractivity contribution in [2.75, 3.05) is 14.2 Å². The van der Waals surface area contributed by atoms with Gasteiger partial charge in [-0.15, -0.1) is 0 Å². The van der Waals surface area contributed by atoms with E-state index >= 15 is 4.39 Å². The highest BCUT2D eigenvalue weighted by atomic mass is 19.1. The minimum Gasteiger partial charge on any atom is -0.453 e. The molecule has 3 unspecified atom stereocenters. The maximum atomic E-state index is 16.2. The zero-order valence-corrected chi connectivity index (χ0v) is 37.6. The molecule has 3 aliphatic rings. The number of amides is 4. The summed E-state index contributed by atoms with van der Waals surface area (Å²) in [6, 6.07) is 21.7. The molecule has 338 valence electrons. The standard InChI is InChI=1S/C50H55FN8O6/c1-25(2)40(56-49(62)64-6)47(60)58(43-26(3)27(43)4)28(5)45-53-38-20-16-32-21-30(14-18-35(32)42(38)55-45)31-15-19-36(37(51)23-31)39-24-52-46(54-39)44-33-13-17-34(22-33)59(44)48(61)41(57-50(63)65-7)29-11-9-8-10-12-29/h8-12,14-16,18-21,23-28,33-34,40-41,43-44H,13,17,22H2,1-7H3,(H,52,54)(H,53,55)(H,56,62)(H,57,63)/t26-,27?,28-,33-,34+,40-,41+,43?,44?/m0/s1. The second-order valence-corrected chi connectivity index (χ2v) is 18.3. The smallest absolute Gasteiger partial charge is 0.407 e. The van der Waals surface area contributed by atoms with Crippen molar-refractivity contribution in [3.8, 4) is 22.4 Å². The number of carbonyl (C=O) groups is 4. The van der Waals surface area contributed by atoms with E-state index < -0.39 is 36.1 Å². The molecule has 15 heteroatoms. The van der Waals surface area contributed by atoms with E-state index in [1.54, 1.807) is 24.4 Å².